The predicted molar refractivity (Wildman–Crippen MR) is 100 cm³/mol. The number of nitrogens with zero attached hydrogens (tertiary/aromatic N) is 1. The fraction of sp³-hybridized carbons (Fsp3) is 0.421. The number of carboxylic acid groups (broad SMARTS) is 1. The van der Waals surface area contributed by atoms with Crippen molar-refractivity contribution in [2.45, 2.75) is 32.2 Å². The molecule has 0 spiro atoms. The molecule has 2 saturated heterocycles. The first-order valence-electron chi connectivity index (χ1n) is 9.03. The van der Waals surface area contributed by atoms with E-state index < -0.39 is 5.97 Å². The Hall–Kier alpha value is -2.87. The van der Waals surface area contributed by atoms with E-state index in [0.29, 0.717) is 12.5 Å². The fourth-order valence-electron chi connectivity index (χ4n) is 3.59. The molecule has 2 fully saturated rings. The Morgan fingerprint density at radius 2 is 1.96 bits per heavy atom. The van der Waals surface area contributed by atoms with Crippen molar-refractivity contribution in [1.29, 1.82) is 0 Å². The van der Waals surface area contributed by atoms with Crippen molar-refractivity contribution in [3.05, 3.63) is 35.5 Å². The number of carboxylic acids is 1. The monoisotopic (exact) mass is 372 g/mol. The van der Waals surface area contributed by atoms with Crippen molar-refractivity contribution >= 4 is 28.8 Å². The summed E-state index contributed by atoms with van der Waals surface area (Å²) < 4.78 is 0. The molecule has 0 atom stereocenters. The first-order valence-corrected chi connectivity index (χ1v) is 9.03. The van der Waals surface area contributed by atoms with Crippen LogP contribution in [0, 0.1) is 0 Å². The zero-order chi connectivity index (χ0) is 19.4. The molecule has 144 valence electrons. The standard InChI is InChI=1S/C17H20N4O2.C2H4O2/c22-16-10-21(17(23)20-16)9-11-1-2-15-13(7-11)14(8-19-15)12-3-5-18-6-4-12;1-2(3)4/h1-2,7-8,12,18-19H,3-6,9-10H2,(H,20,22,23);1H3,(H,3,4). The SMILES string of the molecule is CC(=O)O.O=C1CN(Cc2ccc3[nH]cc(C4CCNCC4)c3c2)C(=O)N1. The van der Waals surface area contributed by atoms with Gasteiger partial charge in [-0.15, -0.1) is 0 Å². The number of aromatic amines is 1. The molecule has 0 saturated carbocycles. The van der Waals surface area contributed by atoms with E-state index in [-0.39, 0.29) is 18.5 Å². The highest BCUT2D eigenvalue weighted by atomic mass is 16.4. The third kappa shape index (κ3) is 4.65. The van der Waals surface area contributed by atoms with Crippen LogP contribution in [-0.4, -0.2) is 52.5 Å². The average molecular weight is 372 g/mol. The number of aliphatic carboxylic acids is 1. The minimum absolute atomic E-state index is 0.144. The number of carbonyl (C=O) groups is 3. The molecule has 2 aliphatic rings. The van der Waals surface area contributed by atoms with Gasteiger partial charge in [0.05, 0.1) is 0 Å². The van der Waals surface area contributed by atoms with E-state index >= 15 is 0 Å². The lowest BCUT2D eigenvalue weighted by Gasteiger charge is -2.22. The van der Waals surface area contributed by atoms with Crippen molar-refractivity contribution < 1.29 is 19.5 Å². The minimum atomic E-state index is -0.833. The van der Waals surface area contributed by atoms with E-state index in [2.05, 4.69) is 33.9 Å². The molecule has 0 radical (unpaired) electrons. The number of aromatic nitrogens is 1. The van der Waals surface area contributed by atoms with E-state index in [0.717, 1.165) is 43.9 Å². The summed E-state index contributed by atoms with van der Waals surface area (Å²) in [5.74, 6) is -0.481. The van der Waals surface area contributed by atoms with E-state index in [1.54, 1.807) is 4.90 Å². The number of benzene rings is 1. The summed E-state index contributed by atoms with van der Waals surface area (Å²) in [6.45, 7) is 3.82. The van der Waals surface area contributed by atoms with Crippen LogP contribution in [0.2, 0.25) is 0 Å². The van der Waals surface area contributed by atoms with Crippen LogP contribution in [-0.2, 0) is 16.1 Å². The Kier molecular flexibility index (Phi) is 5.75. The zero-order valence-corrected chi connectivity index (χ0v) is 15.2. The second-order valence-electron chi connectivity index (χ2n) is 6.88. The van der Waals surface area contributed by atoms with Crippen LogP contribution in [0.1, 0.15) is 36.8 Å². The predicted octanol–water partition coefficient (Wildman–Crippen LogP) is 1.78. The first-order chi connectivity index (χ1) is 12.9. The van der Waals surface area contributed by atoms with Crippen LogP contribution in [0.5, 0.6) is 0 Å². The third-order valence-corrected chi connectivity index (χ3v) is 4.80. The average Bonchev–Trinajstić information content (AvgIpc) is 3.18. The van der Waals surface area contributed by atoms with Gasteiger partial charge in [0, 0.05) is 30.6 Å². The molecule has 0 aliphatic carbocycles. The fourth-order valence-corrected chi connectivity index (χ4v) is 3.59. The lowest BCUT2D eigenvalue weighted by molar-refractivity contribution is -0.134. The van der Waals surface area contributed by atoms with Crippen LogP contribution in [0.4, 0.5) is 4.79 Å². The lowest BCUT2D eigenvalue weighted by atomic mass is 9.89. The number of fused-ring (bicyclic) bond motifs is 1. The number of urea groups is 1. The normalized spacial score (nSPS) is 17.6. The van der Waals surface area contributed by atoms with Crippen molar-refractivity contribution in [2.75, 3.05) is 19.6 Å². The van der Waals surface area contributed by atoms with Gasteiger partial charge in [-0.2, -0.15) is 0 Å². The highest BCUT2D eigenvalue weighted by Crippen LogP contribution is 2.32. The van der Waals surface area contributed by atoms with Gasteiger partial charge in [0.2, 0.25) is 5.91 Å². The number of hydrogen-bond donors (Lipinski definition) is 4. The highest BCUT2D eigenvalue weighted by Gasteiger charge is 2.26. The summed E-state index contributed by atoms with van der Waals surface area (Å²) in [6, 6.07) is 5.92. The van der Waals surface area contributed by atoms with E-state index in [9.17, 15) is 9.59 Å². The molecular weight excluding hydrogens is 348 g/mol. The summed E-state index contributed by atoms with van der Waals surface area (Å²) in [6.07, 6.45) is 4.43. The van der Waals surface area contributed by atoms with Gasteiger partial charge in [0.1, 0.15) is 6.54 Å². The van der Waals surface area contributed by atoms with E-state index in [1.165, 1.54) is 10.9 Å². The molecule has 4 rings (SSSR count). The smallest absolute Gasteiger partial charge is 0.324 e. The largest absolute Gasteiger partial charge is 0.481 e. The molecule has 0 unspecified atom stereocenters. The van der Waals surface area contributed by atoms with Gasteiger partial charge in [-0.05, 0) is 55.1 Å². The summed E-state index contributed by atoms with van der Waals surface area (Å²) in [5.41, 5.74) is 3.55. The number of piperidine rings is 1. The number of nitrogens with one attached hydrogen (secondary N) is 3. The molecule has 8 nitrogen and oxygen atoms in total. The Bertz CT molecular complexity index is 851. The van der Waals surface area contributed by atoms with Crippen LogP contribution in [0.25, 0.3) is 10.9 Å². The lowest BCUT2D eigenvalue weighted by Crippen LogP contribution is -2.27. The molecule has 3 amide bonds. The van der Waals surface area contributed by atoms with Gasteiger partial charge in [0.25, 0.3) is 5.97 Å². The summed E-state index contributed by atoms with van der Waals surface area (Å²) >= 11 is 0. The number of rotatable bonds is 3. The molecular formula is C19H24N4O4. The van der Waals surface area contributed by atoms with Crippen molar-refractivity contribution in [1.82, 2.24) is 20.5 Å². The van der Waals surface area contributed by atoms with Gasteiger partial charge in [-0.3, -0.25) is 14.9 Å². The number of imide groups is 1. The maximum absolute atomic E-state index is 11.7. The maximum atomic E-state index is 11.7. The number of carbonyl (C=O) groups excluding carboxylic acids is 2. The maximum Gasteiger partial charge on any atom is 0.324 e. The molecule has 1 aromatic carbocycles. The van der Waals surface area contributed by atoms with Crippen molar-refractivity contribution in [3.8, 4) is 0 Å². The van der Waals surface area contributed by atoms with Crippen LogP contribution >= 0.6 is 0 Å². The van der Waals surface area contributed by atoms with Crippen molar-refractivity contribution in [2.24, 2.45) is 0 Å². The Balaban J connectivity index is 0.000000481. The summed E-state index contributed by atoms with van der Waals surface area (Å²) in [7, 11) is 0. The summed E-state index contributed by atoms with van der Waals surface area (Å²) in [4.78, 5) is 36.9. The molecule has 0 bridgehead atoms. The van der Waals surface area contributed by atoms with Gasteiger partial charge in [-0.25, -0.2) is 4.79 Å². The zero-order valence-electron chi connectivity index (χ0n) is 15.2. The Morgan fingerprint density at radius 1 is 1.26 bits per heavy atom. The molecule has 8 heteroatoms. The van der Waals surface area contributed by atoms with E-state index in [1.807, 2.05) is 6.07 Å². The first kappa shape index (κ1) is 18.9. The highest BCUT2D eigenvalue weighted by molar-refractivity contribution is 6.01. The van der Waals surface area contributed by atoms with Gasteiger partial charge >= 0.3 is 6.03 Å². The van der Waals surface area contributed by atoms with Gasteiger partial charge in [-0.1, -0.05) is 6.07 Å². The Labute approximate surface area is 156 Å². The Morgan fingerprint density at radius 3 is 2.59 bits per heavy atom. The van der Waals surface area contributed by atoms with Crippen molar-refractivity contribution in [3.63, 3.8) is 0 Å². The number of H-pyrrole nitrogens is 1. The van der Waals surface area contributed by atoms with Crippen LogP contribution in [0.3, 0.4) is 0 Å². The van der Waals surface area contributed by atoms with Gasteiger partial charge in [0.15, 0.2) is 0 Å². The molecule has 3 heterocycles. The quantitative estimate of drug-likeness (QED) is 0.613. The van der Waals surface area contributed by atoms with E-state index in [4.69, 9.17) is 9.90 Å². The van der Waals surface area contributed by atoms with Crippen LogP contribution in [0.15, 0.2) is 24.4 Å². The molecule has 2 aromatic rings. The molecule has 4 N–H and O–H groups in total. The topological polar surface area (TPSA) is 115 Å². The van der Waals surface area contributed by atoms with Crippen LogP contribution < -0.4 is 10.6 Å². The number of hydrogen-bond acceptors (Lipinski definition) is 4. The number of amides is 3. The third-order valence-electron chi connectivity index (χ3n) is 4.80. The van der Waals surface area contributed by atoms with Gasteiger partial charge < -0.3 is 20.3 Å². The second kappa shape index (κ2) is 8.22. The molecule has 1 aromatic heterocycles. The molecule has 27 heavy (non-hydrogen) atoms. The second-order valence-corrected chi connectivity index (χ2v) is 6.88. The summed E-state index contributed by atoms with van der Waals surface area (Å²) in [5, 5.41) is 14.4. The molecule has 2 aliphatic heterocycles. The minimum Gasteiger partial charge on any atom is -0.481 e.